The maximum Gasteiger partial charge on any atom is 0.408 e. The molecule has 0 aliphatic rings. The summed E-state index contributed by atoms with van der Waals surface area (Å²) in [6.45, 7) is 10.7. The third kappa shape index (κ3) is 9.81. The zero-order chi connectivity index (χ0) is 29.2. The Balaban J connectivity index is 2.48. The zero-order valence-corrected chi connectivity index (χ0v) is 23.2. The Morgan fingerprint density at radius 2 is 1.67 bits per heavy atom. The summed E-state index contributed by atoms with van der Waals surface area (Å²) >= 11 is 0. The van der Waals surface area contributed by atoms with E-state index in [2.05, 4.69) is 17.2 Å². The van der Waals surface area contributed by atoms with Gasteiger partial charge in [-0.05, 0) is 63.9 Å². The lowest BCUT2D eigenvalue weighted by Gasteiger charge is -2.34. The Morgan fingerprint density at radius 3 is 2.18 bits per heavy atom. The predicted molar refractivity (Wildman–Crippen MR) is 149 cm³/mol. The van der Waals surface area contributed by atoms with E-state index < -0.39 is 41.5 Å². The van der Waals surface area contributed by atoms with Gasteiger partial charge in [0.2, 0.25) is 11.8 Å². The quantitative estimate of drug-likeness (QED) is 0.351. The van der Waals surface area contributed by atoms with E-state index in [-0.39, 0.29) is 19.4 Å². The molecule has 0 bridgehead atoms. The molecule has 4 amide bonds. The number of carbonyl (C=O) groups is 4. The third-order valence-electron chi connectivity index (χ3n) is 5.59. The number of benzene rings is 2. The van der Waals surface area contributed by atoms with Crippen molar-refractivity contribution in [1.82, 2.24) is 10.2 Å². The second-order valence-electron chi connectivity index (χ2n) is 10.0. The van der Waals surface area contributed by atoms with Gasteiger partial charge in [0, 0.05) is 18.7 Å². The molecule has 0 radical (unpaired) electrons. The van der Waals surface area contributed by atoms with E-state index in [0.29, 0.717) is 17.0 Å². The molecule has 4 N–H and O–H groups in total. The van der Waals surface area contributed by atoms with E-state index in [4.69, 9.17) is 15.2 Å². The molecule has 10 heteroatoms. The van der Waals surface area contributed by atoms with E-state index in [9.17, 15) is 19.2 Å². The minimum atomic E-state index is -1.19. The van der Waals surface area contributed by atoms with Crippen molar-refractivity contribution < 1.29 is 28.7 Å². The number of carbonyl (C=O) groups excluding carboxylic acids is 4. The lowest BCUT2D eigenvalue weighted by Crippen LogP contribution is -2.52. The highest BCUT2D eigenvalue weighted by Gasteiger charge is 2.36. The molecule has 0 heterocycles. The molecule has 0 spiro atoms. The minimum absolute atomic E-state index is 0.0174. The summed E-state index contributed by atoms with van der Waals surface area (Å²) in [7, 11) is 1.54. The van der Waals surface area contributed by atoms with E-state index in [1.807, 2.05) is 19.1 Å². The Labute approximate surface area is 229 Å². The number of aryl methyl sites for hydroxylation is 1. The van der Waals surface area contributed by atoms with Gasteiger partial charge in [0.15, 0.2) is 0 Å². The molecule has 210 valence electrons. The van der Waals surface area contributed by atoms with Crippen LogP contribution in [0.15, 0.2) is 61.2 Å². The van der Waals surface area contributed by atoms with Crippen molar-refractivity contribution >= 4 is 29.5 Å². The van der Waals surface area contributed by atoms with Gasteiger partial charge < -0.3 is 30.7 Å². The molecule has 0 saturated carbocycles. The van der Waals surface area contributed by atoms with Gasteiger partial charge in [-0.25, -0.2) is 4.79 Å². The number of rotatable bonds is 12. The molecule has 2 aromatic carbocycles. The van der Waals surface area contributed by atoms with Crippen LogP contribution in [0.1, 0.15) is 50.8 Å². The minimum Gasteiger partial charge on any atom is -0.497 e. The van der Waals surface area contributed by atoms with E-state index in [1.54, 1.807) is 64.3 Å². The van der Waals surface area contributed by atoms with Crippen molar-refractivity contribution in [2.45, 2.75) is 58.2 Å². The van der Waals surface area contributed by atoms with Crippen LogP contribution in [0.3, 0.4) is 0 Å². The Kier molecular flexibility index (Phi) is 11.1. The molecule has 10 nitrogen and oxygen atoms in total. The van der Waals surface area contributed by atoms with Crippen LogP contribution in [0.4, 0.5) is 10.5 Å². The van der Waals surface area contributed by atoms with Crippen molar-refractivity contribution in [2.75, 3.05) is 19.0 Å². The van der Waals surface area contributed by atoms with Gasteiger partial charge in [-0.2, -0.15) is 0 Å². The number of methoxy groups -OCH3 is 1. The Bertz CT molecular complexity index is 1160. The molecule has 0 aromatic heterocycles. The first-order valence-corrected chi connectivity index (χ1v) is 12.5. The van der Waals surface area contributed by atoms with E-state index in [1.165, 1.54) is 11.0 Å². The number of ether oxygens (including phenoxy) is 2. The maximum atomic E-state index is 13.9. The fourth-order valence-electron chi connectivity index (χ4n) is 3.76. The summed E-state index contributed by atoms with van der Waals surface area (Å²) in [4.78, 5) is 53.1. The number of nitrogens with zero attached hydrogens (tertiary/aromatic N) is 1. The molecule has 2 aromatic rings. The first kappa shape index (κ1) is 30.9. The number of alkyl carbamates (subject to hydrolysis) is 1. The van der Waals surface area contributed by atoms with Gasteiger partial charge in [-0.3, -0.25) is 14.4 Å². The van der Waals surface area contributed by atoms with Crippen molar-refractivity contribution in [3.05, 3.63) is 72.3 Å². The molecule has 0 fully saturated rings. The van der Waals surface area contributed by atoms with Crippen LogP contribution in [0.5, 0.6) is 5.75 Å². The molecule has 0 aliphatic carbocycles. The molecule has 0 aliphatic heterocycles. The van der Waals surface area contributed by atoms with Gasteiger partial charge >= 0.3 is 6.09 Å². The largest absolute Gasteiger partial charge is 0.497 e. The SMILES string of the molecule is C=CCN(C(=O)C(CCC(N)=O)NC(=O)OC(C)(C)C)C(C(=O)Nc1ccc(OC)cc1)c1ccc(C)cc1. The van der Waals surface area contributed by atoms with Gasteiger partial charge in [0.05, 0.1) is 7.11 Å². The molecule has 39 heavy (non-hydrogen) atoms. The van der Waals surface area contributed by atoms with Gasteiger partial charge in [0.25, 0.3) is 5.91 Å². The van der Waals surface area contributed by atoms with E-state index in [0.717, 1.165) is 5.56 Å². The van der Waals surface area contributed by atoms with Crippen LogP contribution in [0, 0.1) is 6.92 Å². The molecule has 0 saturated heterocycles. The van der Waals surface area contributed by atoms with Crippen LogP contribution in [-0.2, 0) is 19.1 Å². The van der Waals surface area contributed by atoms with Crippen molar-refractivity contribution in [1.29, 1.82) is 0 Å². The fraction of sp³-hybridized carbons (Fsp3) is 0.379. The smallest absolute Gasteiger partial charge is 0.408 e. The third-order valence-corrected chi connectivity index (χ3v) is 5.59. The summed E-state index contributed by atoms with van der Waals surface area (Å²) in [6.07, 6.45) is 0.403. The predicted octanol–water partition coefficient (Wildman–Crippen LogP) is 3.86. The van der Waals surface area contributed by atoms with Crippen LogP contribution < -0.4 is 21.1 Å². The number of nitrogens with two attached hydrogens (primary N) is 1. The standard InChI is InChI=1S/C29H38N4O6/c1-7-18-33(27(36)23(16-17-24(30)34)32-28(37)39-29(3,4)5)25(20-10-8-19(2)9-11-20)26(35)31-21-12-14-22(38-6)15-13-21/h7-15,23,25H,1,16-18H2,2-6H3,(H2,30,34)(H,31,35)(H,32,37). The number of nitrogens with one attached hydrogen (secondary N) is 2. The second kappa shape index (κ2) is 14.0. The van der Waals surface area contributed by atoms with Gasteiger partial charge in [0.1, 0.15) is 23.4 Å². The van der Waals surface area contributed by atoms with Crippen LogP contribution >= 0.6 is 0 Å². The van der Waals surface area contributed by atoms with Crippen LogP contribution in [0.25, 0.3) is 0 Å². The number of hydrogen-bond acceptors (Lipinski definition) is 6. The normalized spacial score (nSPS) is 12.4. The highest BCUT2D eigenvalue weighted by molar-refractivity contribution is 5.99. The highest BCUT2D eigenvalue weighted by atomic mass is 16.6. The maximum absolute atomic E-state index is 13.9. The molecule has 2 rings (SSSR count). The first-order chi connectivity index (χ1) is 18.3. The summed E-state index contributed by atoms with van der Waals surface area (Å²) < 4.78 is 10.5. The Hall–Kier alpha value is -4.34. The summed E-state index contributed by atoms with van der Waals surface area (Å²) in [5.74, 6) is -1.10. The lowest BCUT2D eigenvalue weighted by atomic mass is 10.0. The monoisotopic (exact) mass is 538 g/mol. The van der Waals surface area contributed by atoms with Gasteiger partial charge in [-0.1, -0.05) is 35.9 Å². The molecule has 2 unspecified atom stereocenters. The summed E-state index contributed by atoms with van der Waals surface area (Å²) in [5.41, 5.74) is 6.54. The van der Waals surface area contributed by atoms with Crippen molar-refractivity contribution in [3.8, 4) is 5.75 Å². The zero-order valence-electron chi connectivity index (χ0n) is 23.2. The van der Waals surface area contributed by atoms with E-state index >= 15 is 0 Å². The molecule has 2 atom stereocenters. The average molecular weight is 539 g/mol. The first-order valence-electron chi connectivity index (χ1n) is 12.5. The van der Waals surface area contributed by atoms with Crippen LogP contribution in [0.2, 0.25) is 0 Å². The van der Waals surface area contributed by atoms with Crippen molar-refractivity contribution in [2.24, 2.45) is 5.73 Å². The summed E-state index contributed by atoms with van der Waals surface area (Å²) in [5, 5.41) is 5.40. The second-order valence-corrected chi connectivity index (χ2v) is 10.0. The fourth-order valence-corrected chi connectivity index (χ4v) is 3.76. The molecular formula is C29H38N4O6. The van der Waals surface area contributed by atoms with Gasteiger partial charge in [-0.15, -0.1) is 6.58 Å². The summed E-state index contributed by atoms with van der Waals surface area (Å²) in [6, 6.07) is 11.7. The molecular weight excluding hydrogens is 500 g/mol. The number of primary amides is 1. The van der Waals surface area contributed by atoms with Crippen molar-refractivity contribution in [3.63, 3.8) is 0 Å². The number of anilines is 1. The lowest BCUT2D eigenvalue weighted by molar-refractivity contribution is -0.140. The van der Waals surface area contributed by atoms with Crippen LogP contribution in [-0.4, -0.2) is 54.0 Å². The number of amides is 4. The topological polar surface area (TPSA) is 140 Å². The average Bonchev–Trinajstić information content (AvgIpc) is 2.86. The highest BCUT2D eigenvalue weighted by Crippen LogP contribution is 2.26. The number of hydrogen-bond donors (Lipinski definition) is 3. The Morgan fingerprint density at radius 1 is 1.05 bits per heavy atom.